The largest absolute Gasteiger partial charge is 0.496 e. The Morgan fingerprint density at radius 3 is 2.82 bits per heavy atom. The zero-order chi connectivity index (χ0) is 12.4. The average Bonchev–Trinajstić information content (AvgIpc) is 2.31. The fourth-order valence-electron chi connectivity index (χ4n) is 2.06. The van der Waals surface area contributed by atoms with Crippen LogP contribution in [0.4, 0.5) is 0 Å². The zero-order valence-electron chi connectivity index (χ0n) is 9.40. The number of carboxylic acid groups (broad SMARTS) is 1. The van der Waals surface area contributed by atoms with Crippen molar-refractivity contribution in [1.29, 1.82) is 0 Å². The second kappa shape index (κ2) is 4.41. The summed E-state index contributed by atoms with van der Waals surface area (Å²) in [6.45, 7) is 0. The maximum atomic E-state index is 12.0. The van der Waals surface area contributed by atoms with Gasteiger partial charge >= 0.3 is 5.97 Å². The predicted octanol–water partition coefficient (Wildman–Crippen LogP) is 1.84. The van der Waals surface area contributed by atoms with Gasteiger partial charge in [0.1, 0.15) is 5.75 Å². The van der Waals surface area contributed by atoms with Crippen molar-refractivity contribution in [1.82, 2.24) is 0 Å². The molecule has 0 amide bonds. The summed E-state index contributed by atoms with van der Waals surface area (Å²) in [7, 11) is 1.56. The second-order valence-electron chi connectivity index (χ2n) is 3.82. The minimum absolute atomic E-state index is 0.215. The Morgan fingerprint density at radius 1 is 1.41 bits per heavy atom. The number of hydrogen-bond donors (Lipinski definition) is 1. The molecule has 1 aliphatic carbocycles. The molecule has 0 heterocycles. The van der Waals surface area contributed by atoms with E-state index < -0.39 is 5.97 Å². The second-order valence-corrected chi connectivity index (χ2v) is 3.82. The third kappa shape index (κ3) is 2.06. The topological polar surface area (TPSA) is 63.6 Å². The van der Waals surface area contributed by atoms with Crippen LogP contribution in [0.2, 0.25) is 0 Å². The van der Waals surface area contributed by atoms with Gasteiger partial charge in [-0.25, -0.2) is 4.79 Å². The molecule has 1 N–H and O–H groups in total. The molecule has 0 atom stereocenters. The molecule has 1 aromatic rings. The lowest BCUT2D eigenvalue weighted by molar-refractivity contribution is -0.131. The molecule has 1 aromatic carbocycles. The highest BCUT2D eigenvalue weighted by atomic mass is 16.5. The molecule has 0 bridgehead atoms. The third-order valence-electron chi connectivity index (χ3n) is 2.83. The van der Waals surface area contributed by atoms with Crippen molar-refractivity contribution in [3.8, 4) is 5.75 Å². The van der Waals surface area contributed by atoms with E-state index in [4.69, 9.17) is 9.84 Å². The Labute approximate surface area is 98.5 Å². The van der Waals surface area contributed by atoms with Crippen molar-refractivity contribution in [2.24, 2.45) is 0 Å². The van der Waals surface area contributed by atoms with Crippen molar-refractivity contribution in [3.05, 3.63) is 41.0 Å². The van der Waals surface area contributed by atoms with E-state index in [1.54, 1.807) is 25.3 Å². The first-order valence-electron chi connectivity index (χ1n) is 5.27. The van der Waals surface area contributed by atoms with Gasteiger partial charge in [-0.05, 0) is 18.9 Å². The number of ether oxygens (including phenoxy) is 1. The summed E-state index contributed by atoms with van der Waals surface area (Å²) in [5, 5.41) is 8.68. The van der Waals surface area contributed by atoms with Gasteiger partial charge in [0.05, 0.1) is 7.11 Å². The summed E-state index contributed by atoms with van der Waals surface area (Å²) >= 11 is 0. The molecule has 0 aliphatic heterocycles. The normalized spacial score (nSPS) is 16.8. The highest BCUT2D eigenvalue weighted by molar-refractivity contribution is 6.13. The Hall–Kier alpha value is -2.10. The van der Waals surface area contributed by atoms with Gasteiger partial charge in [0.25, 0.3) is 0 Å². The van der Waals surface area contributed by atoms with Crippen molar-refractivity contribution < 1.29 is 19.4 Å². The standard InChI is InChI=1S/C13H12O4/c1-17-11-4-2-3-10-9(11)6-5-8(13(10)16)7-12(14)15/h2-4,7H,5-6H2,1H3,(H,14,15)/b8-7+. The summed E-state index contributed by atoms with van der Waals surface area (Å²) in [6.07, 6.45) is 2.06. The number of aliphatic carboxylic acids is 1. The minimum atomic E-state index is -1.08. The van der Waals surface area contributed by atoms with Crippen molar-refractivity contribution in [2.75, 3.05) is 7.11 Å². The quantitative estimate of drug-likeness (QED) is 0.790. The van der Waals surface area contributed by atoms with Gasteiger partial charge in [-0.3, -0.25) is 4.79 Å². The lowest BCUT2D eigenvalue weighted by Gasteiger charge is -2.19. The number of carbonyl (C=O) groups excluding carboxylic acids is 1. The zero-order valence-corrected chi connectivity index (χ0v) is 9.40. The molecule has 0 spiro atoms. The van der Waals surface area contributed by atoms with Gasteiger partial charge in [0.15, 0.2) is 5.78 Å². The van der Waals surface area contributed by atoms with E-state index in [2.05, 4.69) is 0 Å². The van der Waals surface area contributed by atoms with Crippen LogP contribution in [0, 0.1) is 0 Å². The summed E-state index contributed by atoms with van der Waals surface area (Å²) < 4.78 is 5.19. The maximum absolute atomic E-state index is 12.0. The number of allylic oxidation sites excluding steroid dienone is 1. The smallest absolute Gasteiger partial charge is 0.328 e. The first-order chi connectivity index (χ1) is 8.13. The number of hydrogen-bond acceptors (Lipinski definition) is 3. The van der Waals surface area contributed by atoms with Crippen molar-refractivity contribution in [2.45, 2.75) is 12.8 Å². The Bertz CT molecular complexity index is 514. The van der Waals surface area contributed by atoms with E-state index in [1.807, 2.05) is 0 Å². The van der Waals surface area contributed by atoms with Gasteiger partial charge in [-0.1, -0.05) is 12.1 Å². The molecule has 0 saturated carbocycles. The number of carboxylic acids is 1. The fraction of sp³-hybridized carbons (Fsp3) is 0.231. The molecule has 0 saturated heterocycles. The van der Waals surface area contributed by atoms with E-state index in [9.17, 15) is 9.59 Å². The number of fused-ring (bicyclic) bond motifs is 1. The molecular formula is C13H12O4. The summed E-state index contributed by atoms with van der Waals surface area (Å²) in [4.78, 5) is 22.6. The maximum Gasteiger partial charge on any atom is 0.328 e. The lowest BCUT2D eigenvalue weighted by Crippen LogP contribution is -2.16. The molecule has 88 valence electrons. The lowest BCUT2D eigenvalue weighted by atomic mass is 9.86. The van der Waals surface area contributed by atoms with Crippen molar-refractivity contribution in [3.63, 3.8) is 0 Å². The number of benzene rings is 1. The number of carbonyl (C=O) groups is 2. The van der Waals surface area contributed by atoms with E-state index >= 15 is 0 Å². The summed E-state index contributed by atoms with van der Waals surface area (Å²) in [6, 6.07) is 5.24. The minimum Gasteiger partial charge on any atom is -0.496 e. The number of rotatable bonds is 2. The van der Waals surface area contributed by atoms with Crippen LogP contribution < -0.4 is 4.74 Å². The molecule has 1 aliphatic rings. The first-order valence-corrected chi connectivity index (χ1v) is 5.27. The third-order valence-corrected chi connectivity index (χ3v) is 2.83. The van der Waals surface area contributed by atoms with Crippen LogP contribution in [-0.2, 0) is 11.2 Å². The number of ketones is 1. The molecule has 4 heteroatoms. The molecule has 0 aromatic heterocycles. The predicted molar refractivity (Wildman–Crippen MR) is 61.4 cm³/mol. The molecule has 17 heavy (non-hydrogen) atoms. The summed E-state index contributed by atoms with van der Waals surface area (Å²) in [5.74, 6) is -0.613. The molecule has 0 radical (unpaired) electrons. The van der Waals surface area contributed by atoms with Crippen LogP contribution in [0.3, 0.4) is 0 Å². The van der Waals surface area contributed by atoms with Crippen LogP contribution in [0.5, 0.6) is 5.75 Å². The van der Waals surface area contributed by atoms with Gasteiger partial charge < -0.3 is 9.84 Å². The molecular weight excluding hydrogens is 220 g/mol. The first kappa shape index (κ1) is 11.4. The van der Waals surface area contributed by atoms with Crippen LogP contribution in [-0.4, -0.2) is 24.0 Å². The molecule has 2 rings (SSSR count). The fourth-order valence-corrected chi connectivity index (χ4v) is 2.06. The SMILES string of the molecule is COc1cccc2c1CC/C(=C\C(=O)O)C2=O. The summed E-state index contributed by atoms with van der Waals surface area (Å²) in [5.41, 5.74) is 1.75. The number of methoxy groups -OCH3 is 1. The van der Waals surface area contributed by atoms with E-state index in [0.29, 0.717) is 29.7 Å². The van der Waals surface area contributed by atoms with Crippen LogP contribution in [0.15, 0.2) is 29.8 Å². The van der Waals surface area contributed by atoms with E-state index in [1.165, 1.54) is 0 Å². The van der Waals surface area contributed by atoms with Crippen LogP contribution >= 0.6 is 0 Å². The van der Waals surface area contributed by atoms with Gasteiger partial charge in [0.2, 0.25) is 0 Å². The van der Waals surface area contributed by atoms with E-state index in [-0.39, 0.29) is 5.78 Å². The van der Waals surface area contributed by atoms with Crippen LogP contribution in [0.25, 0.3) is 0 Å². The Morgan fingerprint density at radius 2 is 2.18 bits per heavy atom. The van der Waals surface area contributed by atoms with Crippen LogP contribution in [0.1, 0.15) is 22.3 Å². The van der Waals surface area contributed by atoms with E-state index in [0.717, 1.165) is 11.6 Å². The van der Waals surface area contributed by atoms with Gasteiger partial charge in [-0.2, -0.15) is 0 Å². The molecule has 4 nitrogen and oxygen atoms in total. The average molecular weight is 232 g/mol. The highest BCUT2D eigenvalue weighted by Gasteiger charge is 2.24. The monoisotopic (exact) mass is 232 g/mol. The highest BCUT2D eigenvalue weighted by Crippen LogP contribution is 2.31. The van der Waals surface area contributed by atoms with Crippen molar-refractivity contribution >= 4 is 11.8 Å². The Balaban J connectivity index is 2.47. The van der Waals surface area contributed by atoms with Gasteiger partial charge in [-0.15, -0.1) is 0 Å². The number of Topliss-reactive ketones (excluding diaryl/α,β-unsaturated/α-hetero) is 1. The molecule has 0 fully saturated rings. The van der Waals surface area contributed by atoms with Gasteiger partial charge in [0, 0.05) is 22.8 Å². The molecule has 0 unspecified atom stereocenters. The Kier molecular flexibility index (Phi) is 2.95.